The fourth-order valence-electron chi connectivity index (χ4n) is 4.35. The molecule has 35 heavy (non-hydrogen) atoms. The summed E-state index contributed by atoms with van der Waals surface area (Å²) < 4.78 is 40.6. The van der Waals surface area contributed by atoms with Crippen molar-refractivity contribution in [2.45, 2.75) is 56.5 Å². The Kier molecular flexibility index (Phi) is 7.71. The number of nitrogens with one attached hydrogen (secondary N) is 1. The van der Waals surface area contributed by atoms with Crippen molar-refractivity contribution < 1.29 is 23.0 Å². The Morgan fingerprint density at radius 1 is 1.31 bits per heavy atom. The number of aromatic nitrogens is 2. The number of amides is 1. The van der Waals surface area contributed by atoms with E-state index in [1.54, 1.807) is 32.9 Å². The second-order valence-corrected chi connectivity index (χ2v) is 11.2. The van der Waals surface area contributed by atoms with E-state index in [2.05, 4.69) is 31.2 Å². The molecule has 2 fully saturated rings. The number of nitrogens with zero attached hydrogens (tertiary/aromatic N) is 4. The zero-order chi connectivity index (χ0) is 25.5. The van der Waals surface area contributed by atoms with Gasteiger partial charge in [-0.2, -0.15) is 9.97 Å². The van der Waals surface area contributed by atoms with E-state index in [1.165, 1.54) is 4.90 Å². The molecule has 1 aromatic carbocycles. The molecular formula is C23H29BrClF2N5O3. The van der Waals surface area contributed by atoms with Gasteiger partial charge in [-0.05, 0) is 62.3 Å². The van der Waals surface area contributed by atoms with Crippen molar-refractivity contribution in [2.24, 2.45) is 0 Å². The second-order valence-electron chi connectivity index (χ2n) is 9.88. The van der Waals surface area contributed by atoms with E-state index in [0.29, 0.717) is 37.1 Å². The van der Waals surface area contributed by atoms with Crippen LogP contribution in [0.15, 0.2) is 16.6 Å². The molecule has 3 heterocycles. The molecule has 2 saturated heterocycles. The summed E-state index contributed by atoms with van der Waals surface area (Å²) in [5.41, 5.74) is -1.03. The normalized spacial score (nSPS) is 25.8. The number of halogens is 4. The SMILES string of the molecule is CN1C[C@@H](F)C[C@H]1COc1nc(C2CNCC(Cl)N2C(=O)OC(C)(C)C)c2ccc(Br)c(F)c2n1. The summed E-state index contributed by atoms with van der Waals surface area (Å²) in [6.07, 6.45) is -1.19. The first-order chi connectivity index (χ1) is 16.4. The average molecular weight is 577 g/mol. The van der Waals surface area contributed by atoms with E-state index in [0.717, 1.165) is 0 Å². The molecule has 192 valence electrons. The van der Waals surface area contributed by atoms with Crippen LogP contribution in [0.5, 0.6) is 6.01 Å². The van der Waals surface area contributed by atoms with Crippen LogP contribution in [0.4, 0.5) is 13.6 Å². The molecule has 0 spiro atoms. The molecular weight excluding hydrogens is 548 g/mol. The molecule has 1 aromatic heterocycles. The van der Waals surface area contributed by atoms with Gasteiger partial charge in [0.15, 0.2) is 5.82 Å². The summed E-state index contributed by atoms with van der Waals surface area (Å²) in [6, 6.07) is 2.37. The number of likely N-dealkylation sites (N-methyl/N-ethyl adjacent to an activating group) is 1. The van der Waals surface area contributed by atoms with Crippen molar-refractivity contribution in [1.82, 2.24) is 25.1 Å². The Morgan fingerprint density at radius 2 is 2.06 bits per heavy atom. The van der Waals surface area contributed by atoms with Crippen LogP contribution in [0, 0.1) is 5.82 Å². The van der Waals surface area contributed by atoms with Crippen LogP contribution in [0.1, 0.15) is 38.9 Å². The summed E-state index contributed by atoms with van der Waals surface area (Å²) in [5.74, 6) is -0.576. The minimum atomic E-state index is -0.925. The van der Waals surface area contributed by atoms with Crippen LogP contribution in [0.25, 0.3) is 10.9 Å². The molecule has 1 amide bonds. The Bertz CT molecular complexity index is 1100. The standard InChI is InChI=1S/C23H29BrClF2N5O3/c1-23(2,3)35-22(33)32-16(8-28-9-17(32)25)19-14-5-6-15(24)18(27)20(14)30-21(29-19)34-11-13-7-12(26)10-31(13)4/h5-6,12-13,16-17,28H,7-11H2,1-4H3/t12-,13-,16?,17?/m0/s1. The van der Waals surface area contributed by atoms with Crippen LogP contribution in [-0.2, 0) is 4.74 Å². The minimum Gasteiger partial charge on any atom is -0.462 e. The zero-order valence-electron chi connectivity index (χ0n) is 20.0. The number of carbonyl (C=O) groups excluding carboxylic acids is 1. The Morgan fingerprint density at radius 3 is 2.71 bits per heavy atom. The highest BCUT2D eigenvalue weighted by Crippen LogP contribution is 2.35. The van der Waals surface area contributed by atoms with E-state index >= 15 is 4.39 Å². The Hall–Kier alpha value is -1.82. The highest BCUT2D eigenvalue weighted by molar-refractivity contribution is 9.10. The molecule has 2 aromatic rings. The largest absolute Gasteiger partial charge is 0.462 e. The molecule has 8 nitrogen and oxygen atoms in total. The van der Waals surface area contributed by atoms with Gasteiger partial charge in [0.1, 0.15) is 29.4 Å². The maximum atomic E-state index is 15.1. The predicted molar refractivity (Wildman–Crippen MR) is 132 cm³/mol. The number of carbonyl (C=O) groups is 1. The Labute approximate surface area is 216 Å². The van der Waals surface area contributed by atoms with E-state index in [-0.39, 0.29) is 28.6 Å². The number of fused-ring (bicyclic) bond motifs is 1. The fraction of sp³-hybridized carbons (Fsp3) is 0.609. The highest BCUT2D eigenvalue weighted by Gasteiger charge is 2.39. The number of likely N-dealkylation sites (tertiary alicyclic amines) is 1. The summed E-state index contributed by atoms with van der Waals surface area (Å²) in [7, 11) is 1.82. The van der Waals surface area contributed by atoms with Gasteiger partial charge in [0.05, 0.1) is 16.2 Å². The van der Waals surface area contributed by atoms with Crippen LogP contribution in [-0.4, -0.2) is 82.5 Å². The second kappa shape index (κ2) is 10.3. The summed E-state index contributed by atoms with van der Waals surface area (Å²) in [5, 5.41) is 3.62. The molecule has 12 heteroatoms. The van der Waals surface area contributed by atoms with Gasteiger partial charge in [-0.15, -0.1) is 0 Å². The smallest absolute Gasteiger partial charge is 0.412 e. The quantitative estimate of drug-likeness (QED) is 0.427. The maximum Gasteiger partial charge on any atom is 0.412 e. The third-order valence-electron chi connectivity index (χ3n) is 6.02. The lowest BCUT2D eigenvalue weighted by Gasteiger charge is -2.40. The van der Waals surface area contributed by atoms with Crippen LogP contribution in [0.3, 0.4) is 0 Å². The number of ether oxygens (including phenoxy) is 2. The monoisotopic (exact) mass is 575 g/mol. The number of hydrogen-bond acceptors (Lipinski definition) is 7. The third-order valence-corrected chi connectivity index (χ3v) is 7.00. The summed E-state index contributed by atoms with van der Waals surface area (Å²) in [6.45, 7) is 6.46. The lowest BCUT2D eigenvalue weighted by atomic mass is 10.0. The first-order valence-electron chi connectivity index (χ1n) is 11.4. The van der Waals surface area contributed by atoms with Gasteiger partial charge in [0, 0.05) is 31.1 Å². The number of piperazine rings is 1. The third kappa shape index (κ3) is 5.79. The van der Waals surface area contributed by atoms with Gasteiger partial charge in [-0.25, -0.2) is 13.6 Å². The van der Waals surface area contributed by atoms with Crippen molar-refractivity contribution in [2.75, 3.05) is 33.3 Å². The molecule has 2 unspecified atom stereocenters. The van der Waals surface area contributed by atoms with Crippen molar-refractivity contribution >= 4 is 44.5 Å². The van der Waals surface area contributed by atoms with Gasteiger partial charge in [0.2, 0.25) is 0 Å². The summed E-state index contributed by atoms with van der Waals surface area (Å²) in [4.78, 5) is 25.3. The average Bonchev–Trinajstić information content (AvgIpc) is 3.09. The van der Waals surface area contributed by atoms with Gasteiger partial charge in [-0.3, -0.25) is 9.80 Å². The number of alkyl halides is 2. The molecule has 0 saturated carbocycles. The number of hydrogen-bond donors (Lipinski definition) is 1. The number of rotatable bonds is 4. The van der Waals surface area contributed by atoms with Gasteiger partial charge in [-0.1, -0.05) is 11.6 Å². The van der Waals surface area contributed by atoms with Crippen molar-refractivity contribution in [1.29, 1.82) is 0 Å². The molecule has 2 aliphatic rings. The van der Waals surface area contributed by atoms with E-state index in [9.17, 15) is 9.18 Å². The fourth-order valence-corrected chi connectivity index (χ4v) is 5.00. The lowest BCUT2D eigenvalue weighted by Crippen LogP contribution is -2.54. The van der Waals surface area contributed by atoms with Crippen molar-refractivity contribution in [3.63, 3.8) is 0 Å². The van der Waals surface area contributed by atoms with Crippen molar-refractivity contribution in [3.8, 4) is 6.01 Å². The van der Waals surface area contributed by atoms with Crippen LogP contribution >= 0.6 is 27.5 Å². The molecule has 4 atom stereocenters. The molecule has 4 rings (SSSR count). The molecule has 0 bridgehead atoms. The Balaban J connectivity index is 1.74. The molecule has 0 radical (unpaired) electrons. The molecule has 0 aliphatic carbocycles. The first-order valence-corrected chi connectivity index (χ1v) is 12.7. The lowest BCUT2D eigenvalue weighted by molar-refractivity contribution is 0.00689. The van der Waals surface area contributed by atoms with E-state index < -0.39 is 35.2 Å². The minimum absolute atomic E-state index is 0.0448. The van der Waals surface area contributed by atoms with Gasteiger partial charge in [0.25, 0.3) is 0 Å². The zero-order valence-corrected chi connectivity index (χ0v) is 22.4. The predicted octanol–water partition coefficient (Wildman–Crippen LogP) is 4.40. The topological polar surface area (TPSA) is 79.8 Å². The highest BCUT2D eigenvalue weighted by atomic mass is 79.9. The maximum absolute atomic E-state index is 15.1. The van der Waals surface area contributed by atoms with Crippen LogP contribution < -0.4 is 10.1 Å². The first kappa shape index (κ1) is 26.2. The molecule has 2 aliphatic heterocycles. The van der Waals surface area contributed by atoms with Crippen molar-refractivity contribution in [3.05, 3.63) is 28.1 Å². The summed E-state index contributed by atoms with van der Waals surface area (Å²) >= 11 is 9.74. The van der Waals surface area contributed by atoms with E-state index in [1.807, 2.05) is 11.9 Å². The van der Waals surface area contributed by atoms with Crippen LogP contribution in [0.2, 0.25) is 0 Å². The van der Waals surface area contributed by atoms with Gasteiger partial charge < -0.3 is 14.8 Å². The van der Waals surface area contributed by atoms with Gasteiger partial charge >= 0.3 is 12.1 Å². The molecule has 1 N–H and O–H groups in total. The number of benzene rings is 1. The van der Waals surface area contributed by atoms with E-state index in [4.69, 9.17) is 21.1 Å².